The van der Waals surface area contributed by atoms with Crippen molar-refractivity contribution >= 4 is 15.7 Å². The van der Waals surface area contributed by atoms with Gasteiger partial charge in [-0.05, 0) is 31.0 Å². The highest BCUT2D eigenvalue weighted by atomic mass is 32.2. The van der Waals surface area contributed by atoms with Gasteiger partial charge < -0.3 is 5.73 Å². The molecule has 4 nitrogen and oxygen atoms in total. The fourth-order valence-electron chi connectivity index (χ4n) is 1.73. The number of rotatable bonds is 6. The predicted molar refractivity (Wildman–Crippen MR) is 70.2 cm³/mol. The lowest BCUT2D eigenvalue weighted by Crippen LogP contribution is -2.32. The molecule has 0 saturated carbocycles. The highest BCUT2D eigenvalue weighted by Gasteiger charge is 2.23. The van der Waals surface area contributed by atoms with E-state index in [4.69, 9.17) is 5.73 Å². The van der Waals surface area contributed by atoms with E-state index in [1.54, 1.807) is 0 Å². The molecular formula is C12H19FN2O2S. The lowest BCUT2D eigenvalue weighted by atomic mass is 10.3. The summed E-state index contributed by atoms with van der Waals surface area (Å²) >= 11 is 0. The average molecular weight is 274 g/mol. The molecule has 0 radical (unpaired) electrons. The number of sulfonamides is 1. The van der Waals surface area contributed by atoms with E-state index in [9.17, 15) is 12.8 Å². The second-order valence-corrected chi connectivity index (χ2v) is 6.06. The Hall–Kier alpha value is -1.14. The number of hydrogen-bond acceptors (Lipinski definition) is 3. The van der Waals surface area contributed by atoms with Crippen LogP contribution in [0, 0.1) is 5.82 Å². The summed E-state index contributed by atoms with van der Waals surface area (Å²) in [5, 5.41) is 0. The number of hydrogen-bond donors (Lipinski definition) is 1. The maximum Gasteiger partial charge on any atom is 0.243 e. The smallest absolute Gasteiger partial charge is 0.243 e. The summed E-state index contributed by atoms with van der Waals surface area (Å²) < 4.78 is 39.2. The number of nitrogens with zero attached hydrogens (tertiary/aromatic N) is 1. The van der Waals surface area contributed by atoms with Gasteiger partial charge >= 0.3 is 0 Å². The van der Waals surface area contributed by atoms with E-state index in [-0.39, 0.29) is 10.6 Å². The molecule has 0 atom stereocenters. The van der Waals surface area contributed by atoms with Crippen LogP contribution in [0.4, 0.5) is 10.1 Å². The molecule has 0 aliphatic heterocycles. The van der Waals surface area contributed by atoms with E-state index < -0.39 is 15.8 Å². The normalized spacial score (nSPS) is 12.0. The molecule has 0 bridgehead atoms. The van der Waals surface area contributed by atoms with Gasteiger partial charge in [0.15, 0.2) is 0 Å². The van der Waals surface area contributed by atoms with Gasteiger partial charge in [0.2, 0.25) is 10.0 Å². The Labute approximate surface area is 108 Å². The van der Waals surface area contributed by atoms with E-state index in [0.29, 0.717) is 25.9 Å². The maximum atomic E-state index is 13.2. The first-order chi connectivity index (χ1) is 8.41. The maximum absolute atomic E-state index is 13.2. The summed E-state index contributed by atoms with van der Waals surface area (Å²) in [5.41, 5.74) is 5.59. The molecule has 0 aliphatic rings. The molecule has 18 heavy (non-hydrogen) atoms. The number of nitrogens with two attached hydrogens (primary N) is 1. The molecular weight excluding hydrogens is 255 g/mol. The average Bonchev–Trinajstić information content (AvgIpc) is 2.27. The summed E-state index contributed by atoms with van der Waals surface area (Å²) in [6.07, 6.45) is 1.42. The van der Waals surface area contributed by atoms with Gasteiger partial charge in [-0.25, -0.2) is 12.8 Å². The first kappa shape index (κ1) is 14.9. The van der Waals surface area contributed by atoms with Gasteiger partial charge in [-0.15, -0.1) is 0 Å². The molecule has 0 fully saturated rings. The fraction of sp³-hybridized carbons (Fsp3) is 0.500. The Morgan fingerprint density at radius 2 is 1.72 bits per heavy atom. The second-order valence-electron chi connectivity index (χ2n) is 4.12. The van der Waals surface area contributed by atoms with E-state index in [1.165, 1.54) is 10.4 Å². The van der Waals surface area contributed by atoms with Gasteiger partial charge in [0.25, 0.3) is 0 Å². The first-order valence-corrected chi connectivity index (χ1v) is 7.42. The summed E-state index contributed by atoms with van der Waals surface area (Å²) in [5.74, 6) is -0.637. The molecule has 0 amide bonds. The Kier molecular flexibility index (Phi) is 5.10. The zero-order valence-corrected chi connectivity index (χ0v) is 11.5. The molecule has 6 heteroatoms. The van der Waals surface area contributed by atoms with Gasteiger partial charge in [-0.3, -0.25) is 0 Å². The van der Waals surface area contributed by atoms with Gasteiger partial charge in [-0.1, -0.05) is 13.8 Å². The number of anilines is 1. The summed E-state index contributed by atoms with van der Waals surface area (Å²) in [6.45, 7) is 4.65. The zero-order chi connectivity index (χ0) is 13.8. The van der Waals surface area contributed by atoms with Crippen LogP contribution in [0.1, 0.15) is 26.7 Å². The van der Waals surface area contributed by atoms with Gasteiger partial charge in [-0.2, -0.15) is 4.31 Å². The van der Waals surface area contributed by atoms with E-state index in [2.05, 4.69) is 0 Å². The Morgan fingerprint density at radius 1 is 1.17 bits per heavy atom. The molecule has 102 valence electrons. The lowest BCUT2D eigenvalue weighted by Gasteiger charge is -2.21. The molecule has 1 rings (SSSR count). The predicted octanol–water partition coefficient (Wildman–Crippen LogP) is 2.22. The van der Waals surface area contributed by atoms with Gasteiger partial charge in [0.1, 0.15) is 5.82 Å². The minimum Gasteiger partial charge on any atom is -0.399 e. The quantitative estimate of drug-likeness (QED) is 0.809. The molecule has 0 aliphatic carbocycles. The fourth-order valence-corrected chi connectivity index (χ4v) is 3.42. The van der Waals surface area contributed by atoms with Crippen LogP contribution in [0.25, 0.3) is 0 Å². The van der Waals surface area contributed by atoms with Crippen LogP contribution in [-0.2, 0) is 10.0 Å². The second kappa shape index (κ2) is 6.15. The highest BCUT2D eigenvalue weighted by molar-refractivity contribution is 7.89. The molecule has 1 aromatic carbocycles. The summed E-state index contributed by atoms with van der Waals surface area (Å²) in [6, 6.07) is 3.39. The highest BCUT2D eigenvalue weighted by Crippen LogP contribution is 2.20. The van der Waals surface area contributed by atoms with Crippen LogP contribution < -0.4 is 5.73 Å². The van der Waals surface area contributed by atoms with Crippen molar-refractivity contribution in [3.8, 4) is 0 Å². The van der Waals surface area contributed by atoms with Gasteiger partial charge in [0, 0.05) is 18.8 Å². The third-order valence-corrected chi connectivity index (χ3v) is 4.35. The molecule has 0 unspecified atom stereocenters. The topological polar surface area (TPSA) is 63.4 Å². The van der Waals surface area contributed by atoms with Crippen LogP contribution in [0.15, 0.2) is 23.1 Å². The summed E-state index contributed by atoms with van der Waals surface area (Å²) in [4.78, 5) is -0.0816. The largest absolute Gasteiger partial charge is 0.399 e. The number of nitrogen functional groups attached to an aromatic ring is 1. The molecule has 0 aromatic heterocycles. The molecule has 0 saturated heterocycles. The zero-order valence-electron chi connectivity index (χ0n) is 10.7. The number of benzene rings is 1. The Balaban J connectivity index is 3.17. The number of halogens is 1. The van der Waals surface area contributed by atoms with Crippen LogP contribution in [0.3, 0.4) is 0 Å². The van der Waals surface area contributed by atoms with Gasteiger partial charge in [0.05, 0.1) is 4.90 Å². The van der Waals surface area contributed by atoms with E-state index in [0.717, 1.165) is 12.1 Å². The van der Waals surface area contributed by atoms with E-state index >= 15 is 0 Å². The molecule has 0 heterocycles. The van der Waals surface area contributed by atoms with Crippen LogP contribution in [0.2, 0.25) is 0 Å². The Morgan fingerprint density at radius 3 is 2.17 bits per heavy atom. The lowest BCUT2D eigenvalue weighted by molar-refractivity contribution is 0.409. The first-order valence-electron chi connectivity index (χ1n) is 5.98. The third-order valence-electron chi connectivity index (χ3n) is 2.48. The van der Waals surface area contributed by atoms with Crippen LogP contribution in [0.5, 0.6) is 0 Å². The van der Waals surface area contributed by atoms with Crippen LogP contribution in [-0.4, -0.2) is 25.8 Å². The minimum absolute atomic E-state index is 0.0816. The van der Waals surface area contributed by atoms with Crippen molar-refractivity contribution in [3.63, 3.8) is 0 Å². The van der Waals surface area contributed by atoms with E-state index in [1.807, 2.05) is 13.8 Å². The standard InChI is InChI=1S/C12H19FN2O2S/c1-3-5-15(6-4-2)18(16,17)12-8-10(13)7-11(14)9-12/h7-9H,3-6,14H2,1-2H3. The van der Waals surface area contributed by atoms with Crippen molar-refractivity contribution < 1.29 is 12.8 Å². The third kappa shape index (κ3) is 3.43. The SMILES string of the molecule is CCCN(CCC)S(=O)(=O)c1cc(N)cc(F)c1. The monoisotopic (exact) mass is 274 g/mol. The van der Waals surface area contributed by atoms with Crippen molar-refractivity contribution in [2.45, 2.75) is 31.6 Å². The minimum atomic E-state index is -3.66. The van der Waals surface area contributed by atoms with Crippen molar-refractivity contribution in [1.82, 2.24) is 4.31 Å². The Bertz CT molecular complexity index is 477. The van der Waals surface area contributed by atoms with Crippen molar-refractivity contribution in [2.75, 3.05) is 18.8 Å². The molecule has 0 spiro atoms. The van der Waals surface area contributed by atoms with Crippen LogP contribution >= 0.6 is 0 Å². The van der Waals surface area contributed by atoms with Crippen molar-refractivity contribution in [2.24, 2.45) is 0 Å². The van der Waals surface area contributed by atoms with Crippen molar-refractivity contribution in [1.29, 1.82) is 0 Å². The van der Waals surface area contributed by atoms with Crippen molar-refractivity contribution in [3.05, 3.63) is 24.0 Å². The molecule has 2 N–H and O–H groups in total. The summed E-state index contributed by atoms with van der Waals surface area (Å²) in [7, 11) is -3.66. The molecule has 1 aromatic rings.